The highest BCUT2D eigenvalue weighted by Crippen LogP contribution is 2.07. The van der Waals surface area contributed by atoms with Crippen LogP contribution in [0.25, 0.3) is 0 Å². The molecule has 0 amide bonds. The Balaban J connectivity index is 0.000000321. The molecular weight excluding hydrogens is 368 g/mol. The highest BCUT2D eigenvalue weighted by molar-refractivity contribution is 6.92. The van der Waals surface area contributed by atoms with Crippen molar-refractivity contribution in [3.05, 3.63) is 60.7 Å². The van der Waals surface area contributed by atoms with E-state index in [9.17, 15) is 0 Å². The Labute approximate surface area is 158 Å². The molecule has 8 heteroatoms. The van der Waals surface area contributed by atoms with Crippen LogP contribution in [-0.4, -0.2) is 60.3 Å². The molecule has 0 aliphatic heterocycles. The molecule has 26 heavy (non-hydrogen) atoms. The molecular formula is C18H28O6Si2. The third-order valence-electron chi connectivity index (χ3n) is 3.88. The van der Waals surface area contributed by atoms with Crippen LogP contribution in [0.2, 0.25) is 0 Å². The van der Waals surface area contributed by atoms with Gasteiger partial charge >= 0.3 is 17.6 Å². The quantitative estimate of drug-likeness (QED) is 0.631. The molecule has 6 nitrogen and oxygen atoms in total. The standard InChI is InChI=1S/C14H16O2Si.C4H12O4Si/c1-15-17(16-2,13-9-5-3-6-10-13)14-11-7-4-8-12-14;1-5-9(6-2,7-3)8-4/h3-12H,1-2H3;1-4H3. The summed E-state index contributed by atoms with van der Waals surface area (Å²) in [6, 6.07) is 20.3. The maximum atomic E-state index is 5.78. The van der Waals surface area contributed by atoms with E-state index in [2.05, 4.69) is 24.3 Å². The van der Waals surface area contributed by atoms with E-state index in [1.165, 1.54) is 28.4 Å². The van der Waals surface area contributed by atoms with E-state index in [1.807, 2.05) is 36.4 Å². The van der Waals surface area contributed by atoms with Crippen LogP contribution in [0, 0.1) is 0 Å². The lowest BCUT2D eigenvalue weighted by Gasteiger charge is -2.27. The normalized spacial score (nSPS) is 11.6. The van der Waals surface area contributed by atoms with E-state index in [-0.39, 0.29) is 0 Å². The van der Waals surface area contributed by atoms with Crippen molar-refractivity contribution in [2.24, 2.45) is 0 Å². The van der Waals surface area contributed by atoms with Gasteiger partial charge < -0.3 is 26.6 Å². The number of hydrogen-bond donors (Lipinski definition) is 0. The molecule has 144 valence electrons. The first-order chi connectivity index (χ1) is 12.6. The van der Waals surface area contributed by atoms with Crippen molar-refractivity contribution in [1.82, 2.24) is 0 Å². The fourth-order valence-corrected chi connectivity index (χ4v) is 6.24. The molecule has 0 spiro atoms. The minimum atomic E-state index is -2.69. The van der Waals surface area contributed by atoms with Gasteiger partial charge in [0.25, 0.3) is 0 Å². The smallest absolute Gasteiger partial charge is 0.391 e. The third kappa shape index (κ3) is 5.32. The van der Waals surface area contributed by atoms with Gasteiger partial charge in [-0.05, 0) is 10.4 Å². The summed E-state index contributed by atoms with van der Waals surface area (Å²) in [7, 11) is 4.20. The topological polar surface area (TPSA) is 55.4 Å². The van der Waals surface area contributed by atoms with Gasteiger partial charge in [0.15, 0.2) is 0 Å². The van der Waals surface area contributed by atoms with Gasteiger partial charge in [-0.2, -0.15) is 0 Å². The van der Waals surface area contributed by atoms with Crippen LogP contribution in [0.1, 0.15) is 0 Å². The van der Waals surface area contributed by atoms with E-state index in [0.717, 1.165) is 10.4 Å². The zero-order valence-electron chi connectivity index (χ0n) is 16.2. The molecule has 0 saturated heterocycles. The molecule has 0 aromatic heterocycles. The van der Waals surface area contributed by atoms with Crippen LogP contribution in [0.15, 0.2) is 60.7 Å². The van der Waals surface area contributed by atoms with Gasteiger partial charge in [0.2, 0.25) is 0 Å². The van der Waals surface area contributed by atoms with Gasteiger partial charge in [-0.3, -0.25) is 0 Å². The van der Waals surface area contributed by atoms with Crippen molar-refractivity contribution in [2.45, 2.75) is 0 Å². The fraction of sp³-hybridized carbons (Fsp3) is 0.333. The molecule has 0 aliphatic carbocycles. The summed E-state index contributed by atoms with van der Waals surface area (Å²) in [4.78, 5) is 0. The molecule has 0 atom stereocenters. The Morgan fingerprint density at radius 2 is 0.769 bits per heavy atom. The van der Waals surface area contributed by atoms with E-state index < -0.39 is 17.6 Å². The molecule has 0 saturated carbocycles. The van der Waals surface area contributed by atoms with Gasteiger partial charge in [-0.1, -0.05) is 60.7 Å². The van der Waals surface area contributed by atoms with Crippen LogP contribution in [0.4, 0.5) is 0 Å². The highest BCUT2D eigenvalue weighted by atomic mass is 28.4. The lowest BCUT2D eigenvalue weighted by Crippen LogP contribution is -2.62. The Morgan fingerprint density at radius 1 is 0.462 bits per heavy atom. The zero-order chi connectivity index (χ0) is 19.5. The second-order valence-electron chi connectivity index (χ2n) is 5.07. The van der Waals surface area contributed by atoms with E-state index >= 15 is 0 Å². The monoisotopic (exact) mass is 396 g/mol. The highest BCUT2D eigenvalue weighted by Gasteiger charge is 2.41. The lowest BCUT2D eigenvalue weighted by molar-refractivity contribution is 0.0226. The Morgan fingerprint density at radius 3 is 0.962 bits per heavy atom. The van der Waals surface area contributed by atoms with Gasteiger partial charge in [-0.25, -0.2) is 0 Å². The number of rotatable bonds is 8. The van der Waals surface area contributed by atoms with Crippen molar-refractivity contribution in [2.75, 3.05) is 42.7 Å². The maximum Gasteiger partial charge on any atom is 0.678 e. The molecule has 0 aliphatic rings. The van der Waals surface area contributed by atoms with Crippen LogP contribution < -0.4 is 10.4 Å². The summed E-state index contributed by atoms with van der Waals surface area (Å²) in [5.41, 5.74) is 0. The van der Waals surface area contributed by atoms with Crippen molar-refractivity contribution >= 4 is 28.0 Å². The van der Waals surface area contributed by atoms with Crippen molar-refractivity contribution in [1.29, 1.82) is 0 Å². The van der Waals surface area contributed by atoms with Crippen LogP contribution in [0.3, 0.4) is 0 Å². The zero-order valence-corrected chi connectivity index (χ0v) is 18.2. The Bertz CT molecular complexity index is 545. The average molecular weight is 397 g/mol. The maximum absolute atomic E-state index is 5.78. The second kappa shape index (κ2) is 11.4. The van der Waals surface area contributed by atoms with Crippen molar-refractivity contribution in [3.8, 4) is 0 Å². The molecule has 0 unspecified atom stereocenters. The molecule has 2 rings (SSSR count). The SMILES string of the molecule is CO[Si](OC)(OC)OC.CO[Si](OC)(c1ccccc1)c1ccccc1. The van der Waals surface area contributed by atoms with Crippen molar-refractivity contribution < 1.29 is 26.6 Å². The average Bonchev–Trinajstić information content (AvgIpc) is 2.74. The first-order valence-electron chi connectivity index (χ1n) is 8.00. The first kappa shape index (κ1) is 22.7. The number of benzene rings is 2. The summed E-state index contributed by atoms with van der Waals surface area (Å²) in [5.74, 6) is 0. The minimum Gasteiger partial charge on any atom is -0.391 e. The van der Waals surface area contributed by atoms with Gasteiger partial charge in [0.05, 0.1) is 0 Å². The Hall–Kier alpha value is -1.37. The predicted octanol–water partition coefficient (Wildman–Crippen LogP) is 1.54. The van der Waals surface area contributed by atoms with Crippen LogP contribution in [0.5, 0.6) is 0 Å². The van der Waals surface area contributed by atoms with E-state index in [1.54, 1.807) is 14.2 Å². The molecule has 0 heterocycles. The summed E-state index contributed by atoms with van der Waals surface area (Å²) >= 11 is 0. The summed E-state index contributed by atoms with van der Waals surface area (Å²) in [6.07, 6.45) is 0. The molecule has 0 radical (unpaired) electrons. The lowest BCUT2D eigenvalue weighted by atomic mass is 10.4. The van der Waals surface area contributed by atoms with Crippen LogP contribution >= 0.6 is 0 Å². The van der Waals surface area contributed by atoms with Gasteiger partial charge in [-0.15, -0.1) is 0 Å². The predicted molar refractivity (Wildman–Crippen MR) is 106 cm³/mol. The van der Waals surface area contributed by atoms with Gasteiger partial charge in [0.1, 0.15) is 0 Å². The summed E-state index contributed by atoms with van der Waals surface area (Å²) in [6.45, 7) is 0. The van der Waals surface area contributed by atoms with E-state index in [0.29, 0.717) is 0 Å². The molecule has 2 aromatic rings. The Kier molecular flexibility index (Phi) is 9.91. The number of hydrogen-bond acceptors (Lipinski definition) is 6. The van der Waals surface area contributed by atoms with Crippen molar-refractivity contribution in [3.63, 3.8) is 0 Å². The van der Waals surface area contributed by atoms with Crippen LogP contribution in [-0.2, 0) is 26.6 Å². The third-order valence-corrected chi connectivity index (χ3v) is 9.22. The molecule has 0 bridgehead atoms. The van der Waals surface area contributed by atoms with Gasteiger partial charge in [0, 0.05) is 42.7 Å². The molecule has 2 aromatic carbocycles. The summed E-state index contributed by atoms with van der Waals surface area (Å²) < 4.78 is 31.0. The fourth-order valence-electron chi connectivity index (χ4n) is 2.54. The molecule has 0 N–H and O–H groups in total. The second-order valence-corrected chi connectivity index (χ2v) is 10.9. The largest absolute Gasteiger partial charge is 0.678 e. The minimum absolute atomic E-state index is 1.12. The van der Waals surface area contributed by atoms with E-state index in [4.69, 9.17) is 26.6 Å². The first-order valence-corrected chi connectivity index (χ1v) is 11.4. The summed E-state index contributed by atoms with van der Waals surface area (Å²) in [5, 5.41) is 2.24. The molecule has 0 fully saturated rings.